The zero-order chi connectivity index (χ0) is 24.7. The molecule has 0 unspecified atom stereocenters. The molecular formula is C20H32O13. The molecule has 2 saturated heterocycles. The summed E-state index contributed by atoms with van der Waals surface area (Å²) in [5.74, 6) is -2.05. The summed E-state index contributed by atoms with van der Waals surface area (Å²) in [6.07, 6.45) is -9.12. The van der Waals surface area contributed by atoms with E-state index in [2.05, 4.69) is 0 Å². The topological polar surface area (TPSA) is 155 Å². The minimum absolute atomic E-state index is 0.219. The second-order valence-electron chi connectivity index (χ2n) is 7.46. The predicted molar refractivity (Wildman–Crippen MR) is 106 cm³/mol. The number of hydrogen-bond donors (Lipinski definition) is 1. The van der Waals surface area contributed by atoms with Crippen LogP contribution in [0.3, 0.4) is 0 Å². The quantitative estimate of drug-likeness (QED) is 0.314. The molecule has 2 heterocycles. The Balaban J connectivity index is 2.35. The monoisotopic (exact) mass is 480 g/mol. The molecule has 0 aromatic carbocycles. The summed E-state index contributed by atoms with van der Waals surface area (Å²) in [5, 5.41) is 9.89. The van der Waals surface area contributed by atoms with Crippen LogP contribution in [0.2, 0.25) is 0 Å². The second kappa shape index (κ2) is 12.6. The molecule has 0 aromatic rings. The average Bonchev–Trinajstić information content (AvgIpc) is 2.75. The maximum Gasteiger partial charge on any atom is 0.303 e. The van der Waals surface area contributed by atoms with Gasteiger partial charge in [-0.2, -0.15) is 0 Å². The van der Waals surface area contributed by atoms with E-state index in [1.165, 1.54) is 28.3 Å². The molecule has 0 aliphatic carbocycles. The molecule has 190 valence electrons. The predicted octanol–water partition coefficient (Wildman–Crippen LogP) is -1.08. The van der Waals surface area contributed by atoms with E-state index in [0.717, 1.165) is 13.8 Å². The normalized spacial score (nSPS) is 36.6. The molecule has 0 radical (unpaired) electrons. The van der Waals surface area contributed by atoms with E-state index in [0.29, 0.717) is 0 Å². The number of aliphatic hydroxyl groups is 1. The standard InChI is InChI=1S/C20H32O13/c1-9(22)29-13-8-28-20(18(31-11(3)24)15(13)30-10(2)23)33-14-12(7-21)32-19(27-6)17(26-5)16(14)25-4/h12-21H,7-8H2,1-6H3/t12-,13-,14-,15+,16+,17-,18+,19+,20-/m1/s1. The van der Waals surface area contributed by atoms with Crippen molar-refractivity contribution in [1.82, 2.24) is 0 Å². The highest BCUT2D eigenvalue weighted by molar-refractivity contribution is 5.68. The maximum absolute atomic E-state index is 11.8. The summed E-state index contributed by atoms with van der Waals surface area (Å²) in [4.78, 5) is 35.1. The van der Waals surface area contributed by atoms with Crippen molar-refractivity contribution >= 4 is 17.9 Å². The largest absolute Gasteiger partial charge is 0.456 e. The fraction of sp³-hybridized carbons (Fsp3) is 0.850. The van der Waals surface area contributed by atoms with Crippen LogP contribution in [0.5, 0.6) is 0 Å². The van der Waals surface area contributed by atoms with Crippen molar-refractivity contribution in [2.75, 3.05) is 34.5 Å². The van der Waals surface area contributed by atoms with Gasteiger partial charge in [0.15, 0.2) is 30.9 Å². The molecule has 2 fully saturated rings. The van der Waals surface area contributed by atoms with E-state index in [-0.39, 0.29) is 6.61 Å². The van der Waals surface area contributed by atoms with Crippen LogP contribution < -0.4 is 0 Å². The highest BCUT2D eigenvalue weighted by Crippen LogP contribution is 2.32. The van der Waals surface area contributed by atoms with Gasteiger partial charge in [-0.25, -0.2) is 0 Å². The fourth-order valence-electron chi connectivity index (χ4n) is 3.88. The molecule has 2 aliphatic heterocycles. The Morgan fingerprint density at radius 1 is 0.758 bits per heavy atom. The van der Waals surface area contributed by atoms with E-state index in [9.17, 15) is 19.5 Å². The fourth-order valence-corrected chi connectivity index (χ4v) is 3.88. The van der Waals surface area contributed by atoms with Crippen molar-refractivity contribution in [3.05, 3.63) is 0 Å². The molecule has 0 bridgehead atoms. The van der Waals surface area contributed by atoms with E-state index in [1.807, 2.05) is 0 Å². The average molecular weight is 480 g/mol. The van der Waals surface area contributed by atoms with Crippen LogP contribution in [0.15, 0.2) is 0 Å². The summed E-state index contributed by atoms with van der Waals surface area (Å²) in [5.41, 5.74) is 0. The summed E-state index contributed by atoms with van der Waals surface area (Å²) in [6, 6.07) is 0. The lowest BCUT2D eigenvalue weighted by Gasteiger charge is -2.47. The molecule has 0 saturated carbocycles. The number of hydrogen-bond acceptors (Lipinski definition) is 13. The Morgan fingerprint density at radius 3 is 1.82 bits per heavy atom. The zero-order valence-corrected chi connectivity index (χ0v) is 19.5. The van der Waals surface area contributed by atoms with Crippen molar-refractivity contribution in [3.63, 3.8) is 0 Å². The van der Waals surface area contributed by atoms with Crippen molar-refractivity contribution < 1.29 is 62.1 Å². The Bertz CT molecular complexity index is 670. The molecular weight excluding hydrogens is 448 g/mol. The van der Waals surface area contributed by atoms with Gasteiger partial charge in [0.05, 0.1) is 13.2 Å². The van der Waals surface area contributed by atoms with E-state index < -0.39 is 79.8 Å². The highest BCUT2D eigenvalue weighted by Gasteiger charge is 2.53. The lowest BCUT2D eigenvalue weighted by atomic mass is 9.97. The van der Waals surface area contributed by atoms with Crippen LogP contribution >= 0.6 is 0 Å². The zero-order valence-electron chi connectivity index (χ0n) is 19.5. The summed E-state index contributed by atoms with van der Waals surface area (Å²) >= 11 is 0. The molecule has 33 heavy (non-hydrogen) atoms. The molecule has 0 aromatic heterocycles. The number of ether oxygens (including phenoxy) is 9. The van der Waals surface area contributed by atoms with Gasteiger partial charge in [0.2, 0.25) is 0 Å². The first-order valence-electron chi connectivity index (χ1n) is 10.3. The Morgan fingerprint density at radius 2 is 1.33 bits per heavy atom. The van der Waals surface area contributed by atoms with E-state index >= 15 is 0 Å². The molecule has 1 N–H and O–H groups in total. The number of carbonyl (C=O) groups is 3. The Kier molecular flexibility index (Phi) is 10.4. The van der Waals surface area contributed by atoms with Crippen molar-refractivity contribution in [3.8, 4) is 0 Å². The molecule has 2 aliphatic rings. The first-order chi connectivity index (χ1) is 15.7. The first-order valence-corrected chi connectivity index (χ1v) is 10.3. The number of aliphatic hydroxyl groups excluding tert-OH is 1. The van der Waals surface area contributed by atoms with Gasteiger partial charge in [-0.05, 0) is 0 Å². The van der Waals surface area contributed by atoms with E-state index in [1.54, 1.807) is 0 Å². The van der Waals surface area contributed by atoms with Crippen molar-refractivity contribution in [2.45, 2.75) is 76.1 Å². The lowest BCUT2D eigenvalue weighted by molar-refractivity contribution is -0.351. The summed E-state index contributed by atoms with van der Waals surface area (Å²) < 4.78 is 49.6. The third kappa shape index (κ3) is 6.82. The highest BCUT2D eigenvalue weighted by atomic mass is 16.8. The van der Waals surface area contributed by atoms with Gasteiger partial charge in [0, 0.05) is 42.1 Å². The van der Waals surface area contributed by atoms with Gasteiger partial charge in [0.1, 0.15) is 24.4 Å². The van der Waals surface area contributed by atoms with Crippen LogP contribution in [0, 0.1) is 0 Å². The van der Waals surface area contributed by atoms with Gasteiger partial charge in [-0.15, -0.1) is 0 Å². The van der Waals surface area contributed by atoms with Crippen molar-refractivity contribution in [1.29, 1.82) is 0 Å². The third-order valence-corrected chi connectivity index (χ3v) is 5.14. The van der Waals surface area contributed by atoms with Crippen LogP contribution in [0.25, 0.3) is 0 Å². The maximum atomic E-state index is 11.8. The van der Waals surface area contributed by atoms with Crippen molar-refractivity contribution in [2.24, 2.45) is 0 Å². The second-order valence-corrected chi connectivity index (χ2v) is 7.46. The Labute approximate surface area is 191 Å². The molecule has 13 heteroatoms. The lowest BCUT2D eigenvalue weighted by Crippen LogP contribution is -2.64. The minimum atomic E-state index is -1.30. The first kappa shape index (κ1) is 27.4. The number of rotatable bonds is 9. The molecule has 13 nitrogen and oxygen atoms in total. The van der Waals surface area contributed by atoms with Crippen LogP contribution in [-0.2, 0) is 57.0 Å². The number of carbonyl (C=O) groups excluding carboxylic acids is 3. The third-order valence-electron chi connectivity index (χ3n) is 5.14. The summed E-state index contributed by atoms with van der Waals surface area (Å²) in [6.45, 7) is 2.81. The molecule has 9 atom stereocenters. The minimum Gasteiger partial charge on any atom is -0.456 e. The van der Waals surface area contributed by atoms with Gasteiger partial charge < -0.3 is 47.7 Å². The van der Waals surface area contributed by atoms with Gasteiger partial charge in [0.25, 0.3) is 0 Å². The molecule has 0 amide bonds. The van der Waals surface area contributed by atoms with Crippen LogP contribution in [0.4, 0.5) is 0 Å². The Hall–Kier alpha value is -1.87. The smallest absolute Gasteiger partial charge is 0.303 e. The van der Waals surface area contributed by atoms with E-state index in [4.69, 9.17) is 42.6 Å². The molecule has 2 rings (SSSR count). The SMILES string of the molecule is CO[C@H]1O[C@H](CO)[C@@H](O[C@H]2OC[C@@H](OC(C)=O)[C@H](OC(C)=O)[C@@H]2OC(C)=O)[C@H](OC)[C@H]1OC. The van der Waals surface area contributed by atoms with Gasteiger partial charge >= 0.3 is 17.9 Å². The summed E-state index contributed by atoms with van der Waals surface area (Å²) in [7, 11) is 4.27. The number of esters is 3. The van der Waals surface area contributed by atoms with Crippen LogP contribution in [0.1, 0.15) is 20.8 Å². The molecule has 0 spiro atoms. The van der Waals surface area contributed by atoms with Gasteiger partial charge in [-0.3, -0.25) is 14.4 Å². The van der Waals surface area contributed by atoms with Gasteiger partial charge in [-0.1, -0.05) is 0 Å². The van der Waals surface area contributed by atoms with Crippen LogP contribution in [-0.4, -0.2) is 113 Å². The number of methoxy groups -OCH3 is 3.